The molecule has 0 atom stereocenters. The minimum Gasteiger partial charge on any atom is -0.495 e. The Morgan fingerprint density at radius 1 is 1.11 bits per heavy atom. The molecule has 0 bridgehead atoms. The van der Waals surface area contributed by atoms with Crippen LogP contribution >= 0.6 is 0 Å². The molecule has 0 aliphatic rings. The van der Waals surface area contributed by atoms with Gasteiger partial charge in [-0.1, -0.05) is 25.1 Å². The lowest BCUT2D eigenvalue weighted by Crippen LogP contribution is -2.20. The molecule has 0 aliphatic heterocycles. The molecule has 27 heavy (non-hydrogen) atoms. The molecule has 0 fully saturated rings. The number of carbonyl (C=O) groups is 2. The molecule has 3 rings (SSSR count). The summed E-state index contributed by atoms with van der Waals surface area (Å²) in [5, 5.41) is 8.62. The highest BCUT2D eigenvalue weighted by atomic mass is 16.5. The van der Waals surface area contributed by atoms with Crippen molar-refractivity contribution in [1.29, 1.82) is 0 Å². The lowest BCUT2D eigenvalue weighted by Gasteiger charge is -2.10. The second-order valence-corrected chi connectivity index (χ2v) is 6.11. The number of furan rings is 1. The number of nitrogens with zero attached hydrogens (tertiary/aromatic N) is 1. The zero-order chi connectivity index (χ0) is 19.4. The summed E-state index contributed by atoms with van der Waals surface area (Å²) in [6.45, 7) is 3.41. The molecule has 0 spiro atoms. The largest absolute Gasteiger partial charge is 0.495 e. The first-order valence-electron chi connectivity index (χ1n) is 8.63. The number of hydrazone groups is 1. The Morgan fingerprint density at radius 2 is 1.89 bits per heavy atom. The fourth-order valence-electron chi connectivity index (χ4n) is 2.72. The number of methoxy groups -OCH3 is 1. The molecule has 2 amide bonds. The van der Waals surface area contributed by atoms with Crippen LogP contribution in [0.1, 0.15) is 26.7 Å². The number of hydrogen-bond donors (Lipinski definition) is 2. The Hall–Kier alpha value is -3.35. The van der Waals surface area contributed by atoms with Crippen LogP contribution in [0.4, 0.5) is 5.69 Å². The summed E-state index contributed by atoms with van der Waals surface area (Å²) in [6.07, 6.45) is 0.378. The van der Waals surface area contributed by atoms with Gasteiger partial charge in [0.05, 0.1) is 19.2 Å². The molecule has 0 unspecified atom stereocenters. The van der Waals surface area contributed by atoms with Crippen molar-refractivity contribution < 1.29 is 18.7 Å². The molecule has 0 radical (unpaired) electrons. The molecule has 2 N–H and O–H groups in total. The number of nitrogens with one attached hydrogen (secondary N) is 2. The molecular weight excluding hydrogens is 346 g/mol. The van der Waals surface area contributed by atoms with Crippen molar-refractivity contribution in [3.63, 3.8) is 0 Å². The van der Waals surface area contributed by atoms with Gasteiger partial charge in [-0.2, -0.15) is 5.10 Å². The molecule has 1 heterocycles. The van der Waals surface area contributed by atoms with Crippen LogP contribution in [-0.4, -0.2) is 24.6 Å². The van der Waals surface area contributed by atoms with Gasteiger partial charge in [-0.05, 0) is 19.1 Å². The number of carbonyl (C=O) groups excluding carboxylic acids is 2. The molecule has 0 aliphatic carbocycles. The average molecular weight is 367 g/mol. The van der Waals surface area contributed by atoms with Gasteiger partial charge in [-0.15, -0.1) is 0 Å². The van der Waals surface area contributed by atoms with E-state index in [1.165, 1.54) is 0 Å². The van der Waals surface area contributed by atoms with E-state index in [1.54, 1.807) is 27.0 Å². The Bertz CT molecular complexity index is 1040. The van der Waals surface area contributed by atoms with E-state index in [0.29, 0.717) is 29.2 Å². The molecule has 0 saturated carbocycles. The van der Waals surface area contributed by atoms with E-state index in [2.05, 4.69) is 15.8 Å². The maximum atomic E-state index is 12.3. The smallest absolute Gasteiger partial charge is 0.239 e. The maximum absolute atomic E-state index is 12.3. The SMILES string of the molecule is CCC(=O)N/N=C(\C)CC(=O)Nc1cc2oc3ccccc3c2cc1OC. The highest BCUT2D eigenvalue weighted by Crippen LogP contribution is 2.36. The fourth-order valence-corrected chi connectivity index (χ4v) is 2.72. The summed E-state index contributed by atoms with van der Waals surface area (Å²) in [7, 11) is 1.55. The zero-order valence-corrected chi connectivity index (χ0v) is 15.5. The Kier molecular flexibility index (Phi) is 5.40. The van der Waals surface area contributed by atoms with E-state index in [0.717, 1.165) is 16.4 Å². The molecule has 140 valence electrons. The van der Waals surface area contributed by atoms with Crippen LogP contribution in [0.5, 0.6) is 5.75 Å². The molecular formula is C20H21N3O4. The van der Waals surface area contributed by atoms with E-state index < -0.39 is 0 Å². The van der Waals surface area contributed by atoms with Gasteiger partial charge in [0, 0.05) is 29.0 Å². The second-order valence-electron chi connectivity index (χ2n) is 6.11. The summed E-state index contributed by atoms with van der Waals surface area (Å²) in [5.41, 5.74) is 4.83. The first kappa shape index (κ1) is 18.4. The lowest BCUT2D eigenvalue weighted by atomic mass is 10.1. The number of hydrogen-bond acceptors (Lipinski definition) is 5. The number of fused-ring (bicyclic) bond motifs is 3. The minimum absolute atomic E-state index is 0.0469. The molecule has 1 aromatic heterocycles. The summed E-state index contributed by atoms with van der Waals surface area (Å²) in [4.78, 5) is 23.6. The Balaban J connectivity index is 1.82. The third kappa shape index (κ3) is 4.08. The van der Waals surface area contributed by atoms with E-state index >= 15 is 0 Å². The van der Waals surface area contributed by atoms with Crippen LogP contribution < -0.4 is 15.5 Å². The Morgan fingerprint density at radius 3 is 2.63 bits per heavy atom. The summed E-state index contributed by atoms with van der Waals surface area (Å²) < 4.78 is 11.3. The number of benzene rings is 2. The highest BCUT2D eigenvalue weighted by Gasteiger charge is 2.14. The van der Waals surface area contributed by atoms with Crippen molar-refractivity contribution in [3.8, 4) is 5.75 Å². The van der Waals surface area contributed by atoms with E-state index in [1.807, 2.05) is 30.3 Å². The zero-order valence-electron chi connectivity index (χ0n) is 15.5. The van der Waals surface area contributed by atoms with E-state index in [4.69, 9.17) is 9.15 Å². The minimum atomic E-state index is -0.268. The third-order valence-corrected chi connectivity index (χ3v) is 4.08. The normalized spacial score (nSPS) is 11.6. The van der Waals surface area contributed by atoms with E-state index in [-0.39, 0.29) is 18.2 Å². The van der Waals surface area contributed by atoms with Crippen molar-refractivity contribution in [2.75, 3.05) is 12.4 Å². The van der Waals surface area contributed by atoms with Crippen LogP contribution in [0.15, 0.2) is 45.9 Å². The predicted octanol–water partition coefficient (Wildman–Crippen LogP) is 3.83. The molecule has 7 heteroatoms. The summed E-state index contributed by atoms with van der Waals surface area (Å²) in [6, 6.07) is 11.3. The van der Waals surface area contributed by atoms with Crippen LogP contribution in [0.2, 0.25) is 0 Å². The number of para-hydroxylation sites is 1. The van der Waals surface area contributed by atoms with Gasteiger partial charge in [0.2, 0.25) is 11.8 Å². The molecule has 2 aromatic carbocycles. The van der Waals surface area contributed by atoms with Crippen molar-refractivity contribution in [2.45, 2.75) is 26.7 Å². The van der Waals surface area contributed by atoms with Crippen molar-refractivity contribution in [2.24, 2.45) is 5.10 Å². The standard InChI is InChI=1S/C20H21N3O4/c1-4-19(24)23-22-12(2)9-20(25)21-15-11-17-14(10-18(15)26-3)13-7-5-6-8-16(13)27-17/h5-8,10-11H,4,9H2,1-3H3,(H,21,25)(H,23,24)/b22-12+. The first-order valence-corrected chi connectivity index (χ1v) is 8.63. The molecule has 7 nitrogen and oxygen atoms in total. The highest BCUT2D eigenvalue weighted by molar-refractivity contribution is 6.10. The summed E-state index contributed by atoms with van der Waals surface area (Å²) >= 11 is 0. The van der Waals surface area contributed by atoms with Crippen molar-refractivity contribution >= 4 is 45.2 Å². The van der Waals surface area contributed by atoms with E-state index in [9.17, 15) is 9.59 Å². The number of rotatable bonds is 6. The van der Waals surface area contributed by atoms with Crippen LogP contribution in [0.25, 0.3) is 21.9 Å². The van der Waals surface area contributed by atoms with Gasteiger partial charge in [-0.25, -0.2) is 5.43 Å². The van der Waals surface area contributed by atoms with Crippen LogP contribution in [0, 0.1) is 0 Å². The van der Waals surface area contributed by atoms with Crippen molar-refractivity contribution in [3.05, 3.63) is 36.4 Å². The van der Waals surface area contributed by atoms with Crippen LogP contribution in [-0.2, 0) is 9.59 Å². The second kappa shape index (κ2) is 7.90. The lowest BCUT2D eigenvalue weighted by molar-refractivity contribution is -0.121. The fraction of sp³-hybridized carbons (Fsp3) is 0.250. The number of ether oxygens (including phenoxy) is 1. The average Bonchev–Trinajstić information content (AvgIpc) is 3.02. The monoisotopic (exact) mass is 367 g/mol. The quantitative estimate of drug-likeness (QED) is 0.511. The number of amides is 2. The van der Waals surface area contributed by atoms with Gasteiger partial charge < -0.3 is 14.5 Å². The first-order chi connectivity index (χ1) is 13.0. The maximum Gasteiger partial charge on any atom is 0.239 e. The van der Waals surface area contributed by atoms with Gasteiger partial charge >= 0.3 is 0 Å². The predicted molar refractivity (Wildman–Crippen MR) is 105 cm³/mol. The number of anilines is 1. The third-order valence-electron chi connectivity index (χ3n) is 4.08. The molecule has 0 saturated heterocycles. The van der Waals surface area contributed by atoms with Gasteiger partial charge in [0.25, 0.3) is 0 Å². The van der Waals surface area contributed by atoms with Gasteiger partial charge in [0.1, 0.15) is 16.9 Å². The summed E-state index contributed by atoms with van der Waals surface area (Å²) in [5.74, 6) is 0.0683. The van der Waals surface area contributed by atoms with Crippen molar-refractivity contribution in [1.82, 2.24) is 5.43 Å². The van der Waals surface area contributed by atoms with Gasteiger partial charge in [-0.3, -0.25) is 9.59 Å². The van der Waals surface area contributed by atoms with Crippen LogP contribution in [0.3, 0.4) is 0 Å². The van der Waals surface area contributed by atoms with Gasteiger partial charge in [0.15, 0.2) is 0 Å². The Labute approximate surface area is 156 Å². The molecule has 3 aromatic rings. The topological polar surface area (TPSA) is 92.9 Å².